The number of rotatable bonds is 4. The van der Waals surface area contributed by atoms with Gasteiger partial charge in [-0.25, -0.2) is 4.79 Å². The van der Waals surface area contributed by atoms with Crippen LogP contribution >= 0.6 is 0 Å². The van der Waals surface area contributed by atoms with Gasteiger partial charge in [0.1, 0.15) is 0 Å². The Balaban J connectivity index is 1.77. The summed E-state index contributed by atoms with van der Waals surface area (Å²) in [6.45, 7) is 1.63. The number of imide groups is 1. The van der Waals surface area contributed by atoms with Gasteiger partial charge in [-0.3, -0.25) is 24.2 Å². The molecule has 1 aliphatic rings. The van der Waals surface area contributed by atoms with E-state index in [0.717, 1.165) is 0 Å². The minimum atomic E-state index is -0.620. The molecule has 124 valence electrons. The van der Waals surface area contributed by atoms with Crippen LogP contribution in [0.4, 0.5) is 0 Å². The molecular formula is C16H15N3O5. The van der Waals surface area contributed by atoms with Crippen molar-refractivity contribution in [3.8, 4) is 0 Å². The second-order valence-electron chi connectivity index (χ2n) is 5.59. The Hall–Kier alpha value is -3.00. The lowest BCUT2D eigenvalue weighted by atomic mass is 10.1. The average Bonchev–Trinajstić information content (AvgIpc) is 2.78. The van der Waals surface area contributed by atoms with E-state index in [1.165, 1.54) is 17.8 Å². The van der Waals surface area contributed by atoms with Crippen molar-refractivity contribution in [1.29, 1.82) is 0 Å². The van der Waals surface area contributed by atoms with E-state index in [-0.39, 0.29) is 17.5 Å². The van der Waals surface area contributed by atoms with Crippen LogP contribution in [-0.2, 0) is 18.3 Å². The number of amides is 2. The van der Waals surface area contributed by atoms with Crippen molar-refractivity contribution in [3.63, 3.8) is 0 Å². The number of carbonyl (C=O) groups excluding carboxylic acids is 2. The molecule has 1 aromatic carbocycles. The first-order valence-corrected chi connectivity index (χ1v) is 7.32. The van der Waals surface area contributed by atoms with Crippen molar-refractivity contribution in [2.45, 2.75) is 19.4 Å². The molecule has 0 saturated carbocycles. The predicted octanol–water partition coefficient (Wildman–Crippen LogP) is 0.232. The molecule has 1 unspecified atom stereocenters. The lowest BCUT2D eigenvalue weighted by Crippen LogP contribution is -2.36. The number of benzene rings is 1. The molecule has 0 bridgehead atoms. The second-order valence-corrected chi connectivity index (χ2v) is 5.59. The molecule has 1 N–H and O–H groups in total. The maximum atomic E-state index is 12.2. The summed E-state index contributed by atoms with van der Waals surface area (Å²) in [6.07, 6.45) is 0.922. The van der Waals surface area contributed by atoms with E-state index < -0.39 is 29.2 Å². The fraction of sp³-hybridized carbons (Fsp3) is 0.250. The van der Waals surface area contributed by atoms with Crippen molar-refractivity contribution >= 4 is 11.8 Å². The van der Waals surface area contributed by atoms with Gasteiger partial charge in [0.05, 0.1) is 17.2 Å². The van der Waals surface area contributed by atoms with Crippen molar-refractivity contribution < 1.29 is 14.4 Å². The van der Waals surface area contributed by atoms with Gasteiger partial charge in [0.15, 0.2) is 0 Å². The van der Waals surface area contributed by atoms with Crippen LogP contribution < -0.4 is 11.2 Å². The fourth-order valence-corrected chi connectivity index (χ4v) is 2.55. The third-order valence-corrected chi connectivity index (χ3v) is 3.73. The topological polar surface area (TPSA) is 101 Å². The van der Waals surface area contributed by atoms with E-state index in [1.807, 2.05) is 0 Å². The SMILES string of the molecule is CC(Cc1cn(C)c(=O)[nH]c1=O)ON1C(=O)c2ccccc2C1=O. The number of H-pyrrole nitrogens is 1. The number of hydroxylamine groups is 2. The van der Waals surface area contributed by atoms with Crippen LogP contribution in [-0.4, -0.2) is 32.5 Å². The van der Waals surface area contributed by atoms with E-state index >= 15 is 0 Å². The van der Waals surface area contributed by atoms with Gasteiger partial charge < -0.3 is 4.57 Å². The highest BCUT2D eigenvalue weighted by Crippen LogP contribution is 2.23. The van der Waals surface area contributed by atoms with E-state index in [0.29, 0.717) is 10.6 Å². The number of carbonyl (C=O) groups is 2. The molecule has 2 aromatic rings. The Morgan fingerprint density at radius 3 is 2.25 bits per heavy atom. The van der Waals surface area contributed by atoms with Crippen LogP contribution in [0.1, 0.15) is 33.2 Å². The highest BCUT2D eigenvalue weighted by molar-refractivity contribution is 6.20. The number of nitrogens with one attached hydrogen (secondary N) is 1. The Kier molecular flexibility index (Phi) is 3.90. The van der Waals surface area contributed by atoms with Crippen LogP contribution in [0.2, 0.25) is 0 Å². The average molecular weight is 329 g/mol. The summed E-state index contributed by atoms with van der Waals surface area (Å²) in [4.78, 5) is 55.2. The van der Waals surface area contributed by atoms with Gasteiger partial charge in [0, 0.05) is 25.2 Å². The fourth-order valence-electron chi connectivity index (χ4n) is 2.55. The number of hydrogen-bond donors (Lipinski definition) is 1. The normalized spacial score (nSPS) is 14.8. The molecule has 1 aliphatic heterocycles. The zero-order valence-corrected chi connectivity index (χ0v) is 13.1. The molecular weight excluding hydrogens is 314 g/mol. The summed E-state index contributed by atoms with van der Waals surface area (Å²) in [7, 11) is 1.51. The van der Waals surface area contributed by atoms with E-state index in [9.17, 15) is 19.2 Å². The molecule has 3 rings (SSSR count). The number of aromatic nitrogens is 2. The highest BCUT2D eigenvalue weighted by Gasteiger charge is 2.37. The number of fused-ring (bicyclic) bond motifs is 1. The van der Waals surface area contributed by atoms with Crippen molar-refractivity contribution in [1.82, 2.24) is 14.6 Å². The van der Waals surface area contributed by atoms with Gasteiger partial charge in [-0.05, 0) is 19.1 Å². The molecule has 2 amide bonds. The summed E-state index contributed by atoms with van der Waals surface area (Å²) in [5.41, 5.74) is -0.140. The minimum Gasteiger partial charge on any atom is -0.303 e. The van der Waals surface area contributed by atoms with Crippen molar-refractivity contribution in [3.05, 3.63) is 68.0 Å². The number of hydrogen-bond acceptors (Lipinski definition) is 5. The molecule has 0 spiro atoms. The summed E-state index contributed by atoms with van der Waals surface area (Å²) in [5.74, 6) is -1.06. The maximum absolute atomic E-state index is 12.2. The standard InChI is InChI=1S/C16H15N3O5/c1-9(7-10-8-18(2)16(23)17-13(10)20)24-19-14(21)11-5-3-4-6-12(11)15(19)22/h3-6,8-9H,7H2,1-2H3,(H,17,20,23). The van der Waals surface area contributed by atoms with Gasteiger partial charge >= 0.3 is 5.69 Å². The quantitative estimate of drug-likeness (QED) is 0.809. The first-order valence-electron chi connectivity index (χ1n) is 7.32. The van der Waals surface area contributed by atoms with Crippen molar-refractivity contribution in [2.24, 2.45) is 7.05 Å². The van der Waals surface area contributed by atoms with E-state index in [1.54, 1.807) is 31.2 Å². The van der Waals surface area contributed by atoms with Crippen LogP contribution in [0.3, 0.4) is 0 Å². The summed E-state index contributed by atoms with van der Waals surface area (Å²) < 4.78 is 1.24. The van der Waals surface area contributed by atoms with Crippen LogP contribution in [0, 0.1) is 0 Å². The maximum Gasteiger partial charge on any atom is 0.328 e. The number of aryl methyl sites for hydroxylation is 1. The zero-order chi connectivity index (χ0) is 17.4. The van der Waals surface area contributed by atoms with Crippen LogP contribution in [0.5, 0.6) is 0 Å². The van der Waals surface area contributed by atoms with Gasteiger partial charge in [-0.1, -0.05) is 12.1 Å². The van der Waals surface area contributed by atoms with Gasteiger partial charge in [-0.2, -0.15) is 0 Å². The second kappa shape index (κ2) is 5.89. The van der Waals surface area contributed by atoms with Gasteiger partial charge in [0.25, 0.3) is 17.4 Å². The Morgan fingerprint density at radius 2 is 1.67 bits per heavy atom. The number of nitrogens with zero attached hydrogens (tertiary/aromatic N) is 2. The zero-order valence-electron chi connectivity index (χ0n) is 13.1. The lowest BCUT2D eigenvalue weighted by molar-refractivity contribution is -0.125. The van der Waals surface area contributed by atoms with Gasteiger partial charge in [-0.15, -0.1) is 5.06 Å². The summed E-state index contributed by atoms with van der Waals surface area (Å²) in [5, 5.41) is 0.714. The molecule has 2 heterocycles. The Labute approximate surface area is 136 Å². The Bertz CT molecular complexity index is 908. The first-order chi connectivity index (χ1) is 11.4. The van der Waals surface area contributed by atoms with Gasteiger partial charge in [0.2, 0.25) is 0 Å². The summed E-state index contributed by atoms with van der Waals surface area (Å²) >= 11 is 0. The monoisotopic (exact) mass is 329 g/mol. The smallest absolute Gasteiger partial charge is 0.303 e. The molecule has 8 nitrogen and oxygen atoms in total. The molecule has 0 radical (unpaired) electrons. The highest BCUT2D eigenvalue weighted by atomic mass is 16.7. The summed E-state index contributed by atoms with van der Waals surface area (Å²) in [6, 6.07) is 6.45. The van der Waals surface area contributed by atoms with Crippen LogP contribution in [0.25, 0.3) is 0 Å². The minimum absolute atomic E-state index is 0.136. The Morgan fingerprint density at radius 1 is 1.08 bits per heavy atom. The molecule has 0 fully saturated rings. The molecule has 24 heavy (non-hydrogen) atoms. The van der Waals surface area contributed by atoms with Crippen molar-refractivity contribution in [2.75, 3.05) is 0 Å². The van der Waals surface area contributed by atoms with E-state index in [4.69, 9.17) is 4.84 Å². The number of aromatic amines is 1. The molecule has 0 saturated heterocycles. The molecule has 1 aromatic heterocycles. The third-order valence-electron chi connectivity index (χ3n) is 3.73. The molecule has 0 aliphatic carbocycles. The first kappa shape index (κ1) is 15.9. The van der Waals surface area contributed by atoms with E-state index in [2.05, 4.69) is 4.98 Å². The molecule has 8 heteroatoms. The van der Waals surface area contributed by atoms with Crippen LogP contribution in [0.15, 0.2) is 40.1 Å². The third kappa shape index (κ3) is 2.67. The predicted molar refractivity (Wildman–Crippen MR) is 83.5 cm³/mol. The lowest BCUT2D eigenvalue weighted by Gasteiger charge is -2.19. The largest absolute Gasteiger partial charge is 0.328 e. The molecule has 1 atom stereocenters.